The van der Waals surface area contributed by atoms with Crippen LogP contribution in [-0.2, 0) is 16.6 Å². The van der Waals surface area contributed by atoms with Crippen LogP contribution in [0.2, 0.25) is 0 Å². The molecule has 0 aliphatic carbocycles. The molecule has 12 heteroatoms. The first-order valence-corrected chi connectivity index (χ1v) is 11.2. The van der Waals surface area contributed by atoms with Gasteiger partial charge in [-0.25, -0.2) is 17.8 Å². The minimum atomic E-state index is -4.90. The number of nitrogens with zero attached hydrogens (tertiary/aromatic N) is 4. The summed E-state index contributed by atoms with van der Waals surface area (Å²) in [7, 11) is -4.01. The summed E-state index contributed by atoms with van der Waals surface area (Å²) in [5.41, 5.74) is 1.63. The zero-order valence-electron chi connectivity index (χ0n) is 16.7. The van der Waals surface area contributed by atoms with E-state index < -0.39 is 22.1 Å². The fraction of sp³-hybridized carbons (Fsp3) is 0.300. The number of nitrogens with one attached hydrogen (secondary N) is 1. The molecule has 4 rings (SSSR count). The second-order valence-corrected chi connectivity index (χ2v) is 9.07. The number of hydrogen-bond donors (Lipinski definition) is 1. The minimum Gasteiger partial charge on any atom is -0.406 e. The van der Waals surface area contributed by atoms with Crippen LogP contribution in [-0.4, -0.2) is 53.8 Å². The second-order valence-electron chi connectivity index (χ2n) is 7.35. The van der Waals surface area contributed by atoms with E-state index in [9.17, 15) is 21.6 Å². The largest absolute Gasteiger partial charge is 0.573 e. The normalized spacial score (nSPS) is 17.5. The Bertz CT molecular complexity index is 1170. The number of para-hydroxylation sites is 1. The van der Waals surface area contributed by atoms with Crippen molar-refractivity contribution >= 4 is 10.0 Å². The van der Waals surface area contributed by atoms with Crippen molar-refractivity contribution in [3.05, 3.63) is 66.5 Å². The van der Waals surface area contributed by atoms with E-state index in [0.29, 0.717) is 26.1 Å². The Labute approximate surface area is 182 Å². The van der Waals surface area contributed by atoms with Crippen LogP contribution >= 0.6 is 0 Å². The molecule has 1 atom stereocenters. The van der Waals surface area contributed by atoms with Gasteiger partial charge in [0.25, 0.3) is 0 Å². The summed E-state index contributed by atoms with van der Waals surface area (Å²) in [5.74, 6) is -0.588. The number of hydrogen-bond acceptors (Lipinski definition) is 6. The molecule has 2 aromatic carbocycles. The molecule has 1 aliphatic rings. The van der Waals surface area contributed by atoms with E-state index in [-0.39, 0.29) is 10.9 Å². The minimum absolute atomic E-state index is 0.288. The summed E-state index contributed by atoms with van der Waals surface area (Å²) in [5, 5.41) is 8.29. The van der Waals surface area contributed by atoms with Gasteiger partial charge in [0, 0.05) is 31.7 Å². The van der Waals surface area contributed by atoms with Gasteiger partial charge >= 0.3 is 6.36 Å². The van der Waals surface area contributed by atoms with Gasteiger partial charge in [0.15, 0.2) is 0 Å². The molecule has 0 radical (unpaired) electrons. The number of halogens is 3. The lowest BCUT2D eigenvalue weighted by Crippen LogP contribution is -2.37. The first kappa shape index (κ1) is 22.2. The number of ether oxygens (including phenoxy) is 1. The molecule has 1 aliphatic heterocycles. The van der Waals surface area contributed by atoms with E-state index in [2.05, 4.69) is 19.8 Å². The molecule has 32 heavy (non-hydrogen) atoms. The predicted octanol–water partition coefficient (Wildman–Crippen LogP) is 2.72. The molecule has 8 nitrogen and oxygen atoms in total. The van der Waals surface area contributed by atoms with Crippen molar-refractivity contribution in [2.45, 2.75) is 30.3 Å². The third kappa shape index (κ3) is 5.64. The van der Waals surface area contributed by atoms with Crippen LogP contribution < -0.4 is 9.46 Å². The predicted molar refractivity (Wildman–Crippen MR) is 108 cm³/mol. The fourth-order valence-corrected chi connectivity index (χ4v) is 4.80. The van der Waals surface area contributed by atoms with Crippen LogP contribution in [0.4, 0.5) is 13.2 Å². The summed E-state index contributed by atoms with van der Waals surface area (Å²) in [6.45, 7) is 1.58. The third-order valence-corrected chi connectivity index (χ3v) is 6.41. The number of rotatable bonds is 7. The molecular formula is C20H20F3N5O3S. The van der Waals surface area contributed by atoms with E-state index in [4.69, 9.17) is 0 Å². The van der Waals surface area contributed by atoms with Crippen LogP contribution in [0, 0.1) is 0 Å². The molecule has 2 heterocycles. The monoisotopic (exact) mass is 467 g/mol. The smallest absolute Gasteiger partial charge is 0.406 e. The molecule has 0 bridgehead atoms. The van der Waals surface area contributed by atoms with E-state index >= 15 is 0 Å². The topological polar surface area (TPSA) is 89.4 Å². The van der Waals surface area contributed by atoms with Crippen molar-refractivity contribution in [1.29, 1.82) is 0 Å². The fourth-order valence-electron chi connectivity index (χ4n) is 3.51. The summed E-state index contributed by atoms with van der Waals surface area (Å²) in [6, 6.07) is 13.5. The van der Waals surface area contributed by atoms with Crippen molar-refractivity contribution in [1.82, 2.24) is 24.6 Å². The van der Waals surface area contributed by atoms with Crippen molar-refractivity contribution in [2.75, 3.05) is 13.1 Å². The lowest BCUT2D eigenvalue weighted by molar-refractivity contribution is -0.274. The Morgan fingerprint density at radius 1 is 1.12 bits per heavy atom. The maximum Gasteiger partial charge on any atom is 0.573 e. The summed E-state index contributed by atoms with van der Waals surface area (Å²) in [4.78, 5) is 1.75. The third-order valence-electron chi connectivity index (χ3n) is 4.89. The van der Waals surface area contributed by atoms with Crippen LogP contribution in [0.25, 0.3) is 5.69 Å². The van der Waals surface area contributed by atoms with Crippen LogP contribution in [0.3, 0.4) is 0 Å². The van der Waals surface area contributed by atoms with Crippen LogP contribution in [0.1, 0.15) is 12.1 Å². The van der Waals surface area contributed by atoms with E-state index in [1.54, 1.807) is 4.68 Å². The van der Waals surface area contributed by atoms with Crippen LogP contribution in [0.15, 0.2) is 65.7 Å². The molecule has 0 spiro atoms. The van der Waals surface area contributed by atoms with Gasteiger partial charge in [0.1, 0.15) is 5.75 Å². The Morgan fingerprint density at radius 3 is 2.66 bits per heavy atom. The number of aromatic nitrogens is 3. The van der Waals surface area contributed by atoms with Crippen molar-refractivity contribution in [2.24, 2.45) is 0 Å². The van der Waals surface area contributed by atoms with E-state index in [0.717, 1.165) is 23.5 Å². The molecule has 1 fully saturated rings. The van der Waals surface area contributed by atoms with Gasteiger partial charge in [-0.2, -0.15) is 0 Å². The number of alkyl halides is 3. The summed E-state index contributed by atoms with van der Waals surface area (Å²) < 4.78 is 70.6. The molecule has 0 saturated carbocycles. The van der Waals surface area contributed by atoms with Crippen molar-refractivity contribution in [3.8, 4) is 11.4 Å². The maximum absolute atomic E-state index is 12.6. The lowest BCUT2D eigenvalue weighted by atomic mass is 10.3. The summed E-state index contributed by atoms with van der Waals surface area (Å²) >= 11 is 0. The van der Waals surface area contributed by atoms with Gasteiger partial charge in [-0.05, 0) is 30.7 Å². The SMILES string of the molecule is O=S(=O)(N[C@@H]1CCN(Cc2cn(-c3ccccc3)nn2)C1)c1cccc(OC(F)(F)F)c1. The Hall–Kier alpha value is -2.96. The first-order valence-electron chi connectivity index (χ1n) is 9.75. The van der Waals surface area contributed by atoms with Crippen LogP contribution in [0.5, 0.6) is 5.75 Å². The highest BCUT2D eigenvalue weighted by Crippen LogP contribution is 2.25. The second kappa shape index (κ2) is 8.88. The zero-order valence-corrected chi connectivity index (χ0v) is 17.6. The highest BCUT2D eigenvalue weighted by Gasteiger charge is 2.32. The Balaban J connectivity index is 1.36. The Kier molecular flexibility index (Phi) is 6.17. The molecular weight excluding hydrogens is 447 g/mol. The average Bonchev–Trinajstić information content (AvgIpc) is 3.37. The molecule has 170 valence electrons. The van der Waals surface area contributed by atoms with Gasteiger partial charge in [-0.15, -0.1) is 18.3 Å². The van der Waals surface area contributed by atoms with E-state index in [1.165, 1.54) is 12.1 Å². The van der Waals surface area contributed by atoms with Gasteiger partial charge in [0.2, 0.25) is 10.0 Å². The first-order chi connectivity index (χ1) is 15.2. The van der Waals surface area contributed by atoms with Crippen molar-refractivity contribution < 1.29 is 26.3 Å². The number of benzene rings is 2. The maximum atomic E-state index is 12.6. The van der Waals surface area contributed by atoms with Gasteiger partial charge < -0.3 is 4.74 Å². The number of likely N-dealkylation sites (tertiary alicyclic amines) is 1. The van der Waals surface area contributed by atoms with Gasteiger partial charge in [-0.1, -0.05) is 29.5 Å². The number of sulfonamides is 1. The standard InChI is InChI=1S/C20H20F3N5O3S/c21-20(22,23)31-18-7-4-8-19(11-18)32(29,30)25-15-9-10-27(12-15)13-16-14-28(26-24-16)17-5-2-1-3-6-17/h1-8,11,14-15,25H,9-10,12-13H2/t15-/m1/s1. The lowest BCUT2D eigenvalue weighted by Gasteiger charge is -2.16. The van der Waals surface area contributed by atoms with Gasteiger partial charge in [0.05, 0.1) is 22.5 Å². The average molecular weight is 467 g/mol. The highest BCUT2D eigenvalue weighted by atomic mass is 32.2. The zero-order chi connectivity index (χ0) is 22.8. The molecule has 1 saturated heterocycles. The molecule has 0 unspecified atom stereocenters. The molecule has 1 aromatic heterocycles. The quantitative estimate of drug-likeness (QED) is 0.575. The molecule has 1 N–H and O–H groups in total. The Morgan fingerprint density at radius 2 is 1.91 bits per heavy atom. The molecule has 3 aromatic rings. The van der Waals surface area contributed by atoms with Gasteiger partial charge in [-0.3, -0.25) is 4.90 Å². The highest BCUT2D eigenvalue weighted by molar-refractivity contribution is 7.89. The van der Waals surface area contributed by atoms with E-state index in [1.807, 2.05) is 41.4 Å². The summed E-state index contributed by atoms with van der Waals surface area (Å²) in [6.07, 6.45) is -2.52. The molecule has 0 amide bonds. The van der Waals surface area contributed by atoms with Crippen molar-refractivity contribution in [3.63, 3.8) is 0 Å².